The Bertz CT molecular complexity index is 590. The molecule has 1 heterocycles. The van der Waals surface area contributed by atoms with Crippen molar-refractivity contribution < 1.29 is 4.79 Å². The van der Waals surface area contributed by atoms with Gasteiger partial charge in [0.1, 0.15) is 0 Å². The van der Waals surface area contributed by atoms with Crippen molar-refractivity contribution in [3.05, 3.63) is 57.8 Å². The van der Waals surface area contributed by atoms with E-state index in [4.69, 9.17) is 0 Å². The molecule has 4 heteroatoms. The second-order valence-corrected chi connectivity index (χ2v) is 7.12. The van der Waals surface area contributed by atoms with Crippen LogP contribution in [0.15, 0.2) is 41.8 Å². The van der Waals surface area contributed by atoms with Crippen molar-refractivity contribution in [2.45, 2.75) is 32.2 Å². The van der Waals surface area contributed by atoms with Gasteiger partial charge in [0.25, 0.3) is 0 Å². The molecule has 124 valence electrons. The zero-order chi connectivity index (χ0) is 16.7. The highest BCUT2D eigenvalue weighted by Crippen LogP contribution is 2.22. The molecule has 0 spiro atoms. The van der Waals surface area contributed by atoms with Gasteiger partial charge >= 0.3 is 0 Å². The Morgan fingerprint density at radius 3 is 2.57 bits per heavy atom. The Morgan fingerprint density at radius 2 is 1.96 bits per heavy atom. The number of amides is 1. The fraction of sp³-hybridized carbons (Fsp3) is 0.421. The first-order valence-electron chi connectivity index (χ1n) is 8.08. The van der Waals surface area contributed by atoms with Crippen molar-refractivity contribution >= 4 is 17.2 Å². The van der Waals surface area contributed by atoms with Crippen molar-refractivity contribution in [1.82, 2.24) is 10.2 Å². The van der Waals surface area contributed by atoms with Crippen LogP contribution in [0.4, 0.5) is 0 Å². The number of carbonyl (C=O) groups excluding carboxylic acids is 1. The number of likely N-dealkylation sites (N-methyl/N-ethyl adjacent to an activating group) is 1. The van der Waals surface area contributed by atoms with Crippen LogP contribution in [0.1, 0.15) is 34.9 Å². The molecule has 0 aliphatic heterocycles. The summed E-state index contributed by atoms with van der Waals surface area (Å²) in [4.78, 5) is 15.5. The van der Waals surface area contributed by atoms with Gasteiger partial charge in [0, 0.05) is 17.8 Å². The van der Waals surface area contributed by atoms with E-state index in [1.807, 2.05) is 14.1 Å². The molecule has 0 bridgehead atoms. The lowest BCUT2D eigenvalue weighted by atomic mass is 10.1. The molecule has 1 unspecified atom stereocenters. The molecule has 0 saturated heterocycles. The molecule has 3 nitrogen and oxygen atoms in total. The molecule has 1 atom stereocenters. The lowest BCUT2D eigenvalue weighted by molar-refractivity contribution is -0.121. The van der Waals surface area contributed by atoms with Crippen LogP contribution in [0.25, 0.3) is 0 Å². The van der Waals surface area contributed by atoms with Crippen molar-refractivity contribution in [3.63, 3.8) is 0 Å². The van der Waals surface area contributed by atoms with Crippen molar-refractivity contribution in [2.24, 2.45) is 0 Å². The predicted molar refractivity (Wildman–Crippen MR) is 97.9 cm³/mol. The van der Waals surface area contributed by atoms with E-state index in [2.05, 4.69) is 58.9 Å². The fourth-order valence-electron chi connectivity index (χ4n) is 2.53. The lowest BCUT2D eigenvalue weighted by Crippen LogP contribution is -2.34. The number of thiophene rings is 1. The third-order valence-corrected chi connectivity index (χ3v) is 4.95. The van der Waals surface area contributed by atoms with Crippen LogP contribution in [0.5, 0.6) is 0 Å². The molecule has 0 saturated carbocycles. The number of hydrogen-bond acceptors (Lipinski definition) is 3. The maximum atomic E-state index is 12.1. The molecular weight excluding hydrogens is 304 g/mol. The van der Waals surface area contributed by atoms with Gasteiger partial charge in [-0.05, 0) is 50.9 Å². The van der Waals surface area contributed by atoms with Gasteiger partial charge in [-0.15, -0.1) is 11.3 Å². The van der Waals surface area contributed by atoms with Crippen LogP contribution in [-0.2, 0) is 11.2 Å². The topological polar surface area (TPSA) is 32.3 Å². The fourth-order valence-corrected chi connectivity index (χ4v) is 3.45. The minimum atomic E-state index is 0.139. The standard InChI is InChI=1S/C19H26N2OS/c1-15-9-11-16(12-10-15)6-4-8-19(22)20-14-17(21(2)3)18-7-5-13-23-18/h5,7,9-13,17H,4,6,8,14H2,1-3H3,(H,20,22). The Labute approximate surface area is 143 Å². The first-order chi connectivity index (χ1) is 11.1. The maximum Gasteiger partial charge on any atom is 0.220 e. The van der Waals surface area contributed by atoms with E-state index >= 15 is 0 Å². The molecule has 0 radical (unpaired) electrons. The second-order valence-electron chi connectivity index (χ2n) is 6.14. The summed E-state index contributed by atoms with van der Waals surface area (Å²) in [7, 11) is 4.10. The van der Waals surface area contributed by atoms with Gasteiger partial charge in [0.2, 0.25) is 5.91 Å². The SMILES string of the molecule is Cc1ccc(CCCC(=O)NCC(c2cccs2)N(C)C)cc1. The van der Waals surface area contributed by atoms with Gasteiger partial charge in [0.15, 0.2) is 0 Å². The highest BCUT2D eigenvalue weighted by Gasteiger charge is 2.15. The smallest absolute Gasteiger partial charge is 0.220 e. The molecule has 1 N–H and O–H groups in total. The second kappa shape index (κ2) is 8.85. The molecule has 2 rings (SSSR count). The van der Waals surface area contributed by atoms with E-state index in [-0.39, 0.29) is 11.9 Å². The summed E-state index contributed by atoms with van der Waals surface area (Å²) in [5, 5.41) is 5.15. The molecule has 1 aromatic heterocycles. The van der Waals surface area contributed by atoms with E-state index in [0.717, 1.165) is 12.8 Å². The Hall–Kier alpha value is -1.65. The highest BCUT2D eigenvalue weighted by atomic mass is 32.1. The molecular formula is C19H26N2OS. The van der Waals surface area contributed by atoms with Gasteiger partial charge in [0.05, 0.1) is 6.04 Å². The van der Waals surface area contributed by atoms with Crippen LogP contribution in [-0.4, -0.2) is 31.4 Å². The molecule has 0 aliphatic rings. The van der Waals surface area contributed by atoms with Crippen LogP contribution in [0.3, 0.4) is 0 Å². The normalized spacial score (nSPS) is 12.3. The zero-order valence-electron chi connectivity index (χ0n) is 14.2. The summed E-state index contributed by atoms with van der Waals surface area (Å²) in [6, 6.07) is 13.0. The first-order valence-corrected chi connectivity index (χ1v) is 8.96. The largest absolute Gasteiger partial charge is 0.354 e. The van der Waals surface area contributed by atoms with Crippen LogP contribution in [0, 0.1) is 6.92 Å². The van der Waals surface area contributed by atoms with Gasteiger partial charge in [-0.3, -0.25) is 4.79 Å². The van der Waals surface area contributed by atoms with Crippen LogP contribution in [0.2, 0.25) is 0 Å². The summed E-state index contributed by atoms with van der Waals surface area (Å²) in [5.74, 6) is 0.139. The summed E-state index contributed by atoms with van der Waals surface area (Å²) >= 11 is 1.73. The van der Waals surface area contributed by atoms with E-state index in [9.17, 15) is 4.79 Å². The van der Waals surface area contributed by atoms with Gasteiger partial charge in [-0.1, -0.05) is 35.9 Å². The van der Waals surface area contributed by atoms with Crippen LogP contribution >= 0.6 is 11.3 Å². The first kappa shape index (κ1) is 17.7. The lowest BCUT2D eigenvalue weighted by Gasteiger charge is -2.23. The van der Waals surface area contributed by atoms with Crippen LogP contribution < -0.4 is 5.32 Å². The summed E-state index contributed by atoms with van der Waals surface area (Å²) < 4.78 is 0. The molecule has 1 aromatic carbocycles. The van der Waals surface area contributed by atoms with E-state index in [0.29, 0.717) is 13.0 Å². The summed E-state index contributed by atoms with van der Waals surface area (Å²) in [6.07, 6.45) is 2.43. The highest BCUT2D eigenvalue weighted by molar-refractivity contribution is 7.10. The third kappa shape index (κ3) is 5.81. The Balaban J connectivity index is 1.73. The Kier molecular flexibility index (Phi) is 6.81. The molecule has 0 fully saturated rings. The average Bonchev–Trinajstić information content (AvgIpc) is 3.03. The third-order valence-electron chi connectivity index (χ3n) is 3.98. The Morgan fingerprint density at radius 1 is 1.22 bits per heavy atom. The number of carbonyl (C=O) groups is 1. The summed E-state index contributed by atoms with van der Waals surface area (Å²) in [6.45, 7) is 2.75. The predicted octanol–water partition coefficient (Wildman–Crippen LogP) is 3.80. The quantitative estimate of drug-likeness (QED) is 0.798. The zero-order valence-corrected chi connectivity index (χ0v) is 15.0. The van der Waals surface area contributed by atoms with Gasteiger partial charge in [-0.2, -0.15) is 0 Å². The molecule has 1 amide bonds. The van der Waals surface area contributed by atoms with E-state index in [1.54, 1.807) is 11.3 Å². The van der Waals surface area contributed by atoms with Crippen molar-refractivity contribution in [1.29, 1.82) is 0 Å². The number of aryl methyl sites for hydroxylation is 2. The van der Waals surface area contributed by atoms with Crippen molar-refractivity contribution in [2.75, 3.05) is 20.6 Å². The number of benzene rings is 1. The van der Waals surface area contributed by atoms with E-state index < -0.39 is 0 Å². The maximum absolute atomic E-state index is 12.1. The number of nitrogens with zero attached hydrogens (tertiary/aromatic N) is 1. The number of nitrogens with one attached hydrogen (secondary N) is 1. The average molecular weight is 330 g/mol. The van der Waals surface area contributed by atoms with Gasteiger partial charge < -0.3 is 10.2 Å². The minimum Gasteiger partial charge on any atom is -0.354 e. The number of rotatable bonds is 8. The molecule has 0 aliphatic carbocycles. The minimum absolute atomic E-state index is 0.139. The van der Waals surface area contributed by atoms with Crippen molar-refractivity contribution in [3.8, 4) is 0 Å². The summed E-state index contributed by atoms with van der Waals surface area (Å²) in [5.41, 5.74) is 2.57. The monoisotopic (exact) mass is 330 g/mol. The van der Waals surface area contributed by atoms with E-state index in [1.165, 1.54) is 16.0 Å². The molecule has 2 aromatic rings. The molecule has 23 heavy (non-hydrogen) atoms. The van der Waals surface area contributed by atoms with Gasteiger partial charge in [-0.25, -0.2) is 0 Å². The number of hydrogen-bond donors (Lipinski definition) is 1.